The summed E-state index contributed by atoms with van der Waals surface area (Å²) in [5.74, 6) is -0.286. The number of benzene rings is 4. The molecule has 1 aliphatic rings. The van der Waals surface area contributed by atoms with Crippen LogP contribution in [-0.4, -0.2) is 50.9 Å². The van der Waals surface area contributed by atoms with Crippen LogP contribution in [0.2, 0.25) is 5.02 Å². The second-order valence-corrected chi connectivity index (χ2v) is 13.7. The largest absolute Gasteiger partial charge is 0.497 e. The fourth-order valence-corrected chi connectivity index (χ4v) is 7.33. The van der Waals surface area contributed by atoms with E-state index in [-0.39, 0.29) is 35.5 Å². The topological polar surface area (TPSA) is 96.0 Å². The first-order chi connectivity index (χ1) is 22.2. The van der Waals surface area contributed by atoms with Crippen molar-refractivity contribution in [1.29, 1.82) is 0 Å². The van der Waals surface area contributed by atoms with Crippen LogP contribution in [0.1, 0.15) is 36.8 Å². The molecule has 0 radical (unpaired) electrons. The van der Waals surface area contributed by atoms with Crippen molar-refractivity contribution >= 4 is 39.1 Å². The third kappa shape index (κ3) is 8.27. The Balaban J connectivity index is 1.55. The maximum Gasteiger partial charge on any atom is 0.264 e. The molecule has 46 heavy (non-hydrogen) atoms. The molecule has 8 nitrogen and oxygen atoms in total. The van der Waals surface area contributed by atoms with E-state index in [0.29, 0.717) is 10.8 Å². The maximum atomic E-state index is 14.6. The molecular formula is C36H38ClN3O5S. The molecule has 0 bridgehead atoms. The van der Waals surface area contributed by atoms with Crippen LogP contribution >= 0.6 is 11.6 Å². The number of sulfonamides is 1. The van der Waals surface area contributed by atoms with E-state index < -0.39 is 28.5 Å². The Labute approximate surface area is 276 Å². The summed E-state index contributed by atoms with van der Waals surface area (Å²) in [6, 6.07) is 30.4. The highest BCUT2D eigenvalue weighted by Crippen LogP contribution is 2.28. The van der Waals surface area contributed by atoms with Crippen molar-refractivity contribution < 1.29 is 22.7 Å². The van der Waals surface area contributed by atoms with Crippen molar-refractivity contribution in [3.05, 3.63) is 125 Å². The summed E-state index contributed by atoms with van der Waals surface area (Å²) in [6.45, 7) is -0.440. The first kappa shape index (κ1) is 33.0. The van der Waals surface area contributed by atoms with E-state index in [1.165, 1.54) is 30.2 Å². The molecule has 5 rings (SSSR count). The Morgan fingerprint density at radius 1 is 0.870 bits per heavy atom. The molecule has 0 aliphatic heterocycles. The minimum Gasteiger partial charge on any atom is -0.497 e. The molecule has 0 aromatic heterocycles. The molecule has 0 spiro atoms. The van der Waals surface area contributed by atoms with Gasteiger partial charge in [-0.3, -0.25) is 13.9 Å². The molecule has 1 aliphatic carbocycles. The first-order valence-corrected chi connectivity index (χ1v) is 17.2. The van der Waals surface area contributed by atoms with Crippen molar-refractivity contribution in [1.82, 2.24) is 10.2 Å². The number of hydrogen-bond donors (Lipinski definition) is 1. The first-order valence-electron chi connectivity index (χ1n) is 15.3. The number of nitrogens with one attached hydrogen (secondary N) is 1. The van der Waals surface area contributed by atoms with Crippen LogP contribution in [0, 0.1) is 0 Å². The number of halogens is 1. The highest BCUT2D eigenvalue weighted by molar-refractivity contribution is 7.92. The molecular weight excluding hydrogens is 622 g/mol. The van der Waals surface area contributed by atoms with Gasteiger partial charge in [-0.2, -0.15) is 0 Å². The normalized spacial score (nSPS) is 14.0. The second-order valence-electron chi connectivity index (χ2n) is 11.4. The summed E-state index contributed by atoms with van der Waals surface area (Å²) < 4.78 is 34.6. The van der Waals surface area contributed by atoms with E-state index in [9.17, 15) is 18.0 Å². The average molecular weight is 660 g/mol. The van der Waals surface area contributed by atoms with E-state index in [1.807, 2.05) is 60.7 Å². The molecule has 0 saturated heterocycles. The lowest BCUT2D eigenvalue weighted by molar-refractivity contribution is -0.140. The number of methoxy groups -OCH3 is 1. The van der Waals surface area contributed by atoms with E-state index in [0.717, 1.165) is 41.1 Å². The smallest absolute Gasteiger partial charge is 0.264 e. The Bertz CT molecular complexity index is 1710. The molecule has 0 heterocycles. The molecule has 240 valence electrons. The predicted molar refractivity (Wildman–Crippen MR) is 180 cm³/mol. The number of hydrogen-bond acceptors (Lipinski definition) is 5. The summed E-state index contributed by atoms with van der Waals surface area (Å²) in [4.78, 5) is 30.1. The number of anilines is 1. The molecule has 4 aromatic rings. The van der Waals surface area contributed by atoms with Gasteiger partial charge in [-0.1, -0.05) is 91.2 Å². The standard InChI is InChI=1S/C36H38ClN3O5S/c1-45-32-19-21-33(22-20-32)46(43,44)40(31-18-10-15-29(37)24-31)26-35(41)39(25-28-13-6-3-7-14-28)34(23-27-11-4-2-5-12-27)36(42)38-30-16-8-9-17-30/h2-7,10-15,18-22,24,30,34H,8-9,16-17,23,25-26H2,1H3,(H,38,42)/t34-/m0/s1. The highest BCUT2D eigenvalue weighted by Gasteiger charge is 2.35. The Kier molecular flexibility index (Phi) is 11.0. The van der Waals surface area contributed by atoms with Crippen LogP contribution in [0.25, 0.3) is 0 Å². The fourth-order valence-electron chi connectivity index (χ4n) is 5.74. The molecule has 1 N–H and O–H groups in total. The van der Waals surface area contributed by atoms with E-state index in [4.69, 9.17) is 16.3 Å². The van der Waals surface area contributed by atoms with Crippen molar-refractivity contribution in [2.24, 2.45) is 0 Å². The van der Waals surface area contributed by atoms with Gasteiger partial charge in [-0.25, -0.2) is 8.42 Å². The quantitative estimate of drug-likeness (QED) is 0.183. The highest BCUT2D eigenvalue weighted by atomic mass is 35.5. The monoisotopic (exact) mass is 659 g/mol. The van der Waals surface area contributed by atoms with Gasteiger partial charge < -0.3 is 15.0 Å². The van der Waals surface area contributed by atoms with Gasteiger partial charge in [0.1, 0.15) is 18.3 Å². The summed E-state index contributed by atoms with van der Waals surface area (Å²) in [5, 5.41) is 3.50. The molecule has 0 unspecified atom stereocenters. The lowest BCUT2D eigenvalue weighted by atomic mass is 10.0. The van der Waals surface area contributed by atoms with Crippen LogP contribution in [0.3, 0.4) is 0 Å². The average Bonchev–Trinajstić information content (AvgIpc) is 3.59. The third-order valence-corrected chi connectivity index (χ3v) is 10.2. The Morgan fingerprint density at radius 3 is 2.11 bits per heavy atom. The Hall–Kier alpha value is -4.34. The zero-order chi connectivity index (χ0) is 32.5. The number of nitrogens with zero attached hydrogens (tertiary/aromatic N) is 2. The lowest BCUT2D eigenvalue weighted by Crippen LogP contribution is -2.54. The number of ether oxygens (including phenoxy) is 1. The lowest BCUT2D eigenvalue weighted by Gasteiger charge is -2.34. The molecule has 4 aromatic carbocycles. The van der Waals surface area contributed by atoms with Crippen LogP contribution < -0.4 is 14.4 Å². The number of carbonyl (C=O) groups is 2. The molecule has 1 saturated carbocycles. The van der Waals surface area contributed by atoms with Crippen LogP contribution in [0.4, 0.5) is 5.69 Å². The van der Waals surface area contributed by atoms with Crippen LogP contribution in [-0.2, 0) is 32.6 Å². The third-order valence-electron chi connectivity index (χ3n) is 8.19. The number of carbonyl (C=O) groups excluding carboxylic acids is 2. The van der Waals surface area contributed by atoms with E-state index in [1.54, 1.807) is 30.3 Å². The summed E-state index contributed by atoms with van der Waals surface area (Å²) in [5.41, 5.74) is 1.93. The van der Waals surface area contributed by atoms with Crippen molar-refractivity contribution in [2.45, 2.75) is 55.6 Å². The SMILES string of the molecule is COc1ccc(S(=O)(=O)N(CC(=O)N(Cc2ccccc2)[C@@H](Cc2ccccc2)C(=O)NC2CCCC2)c2cccc(Cl)c2)cc1. The molecule has 1 fully saturated rings. The molecule has 2 amide bonds. The van der Waals surface area contributed by atoms with Gasteiger partial charge in [0.05, 0.1) is 17.7 Å². The fraction of sp³-hybridized carbons (Fsp3) is 0.278. The maximum absolute atomic E-state index is 14.6. The van der Waals surface area contributed by atoms with Gasteiger partial charge >= 0.3 is 0 Å². The van der Waals surface area contributed by atoms with Gasteiger partial charge in [-0.15, -0.1) is 0 Å². The van der Waals surface area contributed by atoms with Crippen molar-refractivity contribution in [2.75, 3.05) is 18.0 Å². The predicted octanol–water partition coefficient (Wildman–Crippen LogP) is 6.24. The minimum atomic E-state index is -4.25. The number of amides is 2. The van der Waals surface area contributed by atoms with Crippen molar-refractivity contribution in [3.63, 3.8) is 0 Å². The van der Waals surface area contributed by atoms with Gasteiger partial charge in [0.2, 0.25) is 11.8 Å². The van der Waals surface area contributed by atoms with Gasteiger partial charge in [-0.05, 0) is 66.4 Å². The molecule has 10 heteroatoms. The van der Waals surface area contributed by atoms with E-state index >= 15 is 0 Å². The summed E-state index contributed by atoms with van der Waals surface area (Å²) in [7, 11) is -2.75. The zero-order valence-corrected chi connectivity index (χ0v) is 27.3. The number of rotatable bonds is 13. The minimum absolute atomic E-state index is 0.0181. The second kappa shape index (κ2) is 15.3. The summed E-state index contributed by atoms with van der Waals surface area (Å²) in [6.07, 6.45) is 4.12. The van der Waals surface area contributed by atoms with Gasteiger partial charge in [0.15, 0.2) is 0 Å². The Morgan fingerprint density at radius 2 is 1.50 bits per heavy atom. The van der Waals surface area contributed by atoms with Gasteiger partial charge in [0.25, 0.3) is 10.0 Å². The van der Waals surface area contributed by atoms with Crippen LogP contribution in [0.15, 0.2) is 114 Å². The zero-order valence-electron chi connectivity index (χ0n) is 25.7. The molecule has 1 atom stereocenters. The van der Waals surface area contributed by atoms with Crippen LogP contribution in [0.5, 0.6) is 5.75 Å². The van der Waals surface area contributed by atoms with Crippen molar-refractivity contribution in [3.8, 4) is 5.75 Å². The van der Waals surface area contributed by atoms with E-state index in [2.05, 4.69) is 5.32 Å². The summed E-state index contributed by atoms with van der Waals surface area (Å²) >= 11 is 6.31. The van der Waals surface area contributed by atoms with Gasteiger partial charge in [0, 0.05) is 24.0 Å².